The van der Waals surface area contributed by atoms with Gasteiger partial charge in [-0.3, -0.25) is 9.80 Å². The number of aliphatic hydroxyl groups excluding tert-OH is 1. The number of β-amino-alcohol motifs (C(OH)–C–C–N with tert-alkyl or cyclic N) is 1. The number of ether oxygens (including phenoxy) is 1. The van der Waals surface area contributed by atoms with Gasteiger partial charge in [-0.15, -0.1) is 0 Å². The predicted octanol–water partition coefficient (Wildman–Crippen LogP) is 3.04. The Hall–Kier alpha value is -1.43. The summed E-state index contributed by atoms with van der Waals surface area (Å²) in [6, 6.07) is 18.1. The van der Waals surface area contributed by atoms with E-state index in [-0.39, 0.29) is 0 Å². The monoisotopic (exact) mass is 374 g/mol. The molecule has 26 heavy (non-hydrogen) atoms. The molecule has 1 heterocycles. The first kappa shape index (κ1) is 19.3. The second-order valence-electron chi connectivity index (χ2n) is 6.86. The van der Waals surface area contributed by atoms with Crippen molar-refractivity contribution < 1.29 is 9.84 Å². The number of aliphatic hydroxyl groups is 1. The van der Waals surface area contributed by atoms with Crippen molar-refractivity contribution in [2.24, 2.45) is 0 Å². The molecule has 2 aromatic carbocycles. The molecule has 0 saturated carbocycles. The van der Waals surface area contributed by atoms with E-state index < -0.39 is 6.10 Å². The van der Waals surface area contributed by atoms with Crippen LogP contribution >= 0.6 is 11.6 Å². The van der Waals surface area contributed by atoms with Crippen molar-refractivity contribution in [1.82, 2.24) is 9.80 Å². The van der Waals surface area contributed by atoms with Gasteiger partial charge in [0.1, 0.15) is 0 Å². The molecule has 1 aliphatic rings. The minimum atomic E-state index is -0.446. The van der Waals surface area contributed by atoms with Gasteiger partial charge in [-0.1, -0.05) is 54.1 Å². The van der Waals surface area contributed by atoms with Gasteiger partial charge in [0, 0.05) is 44.3 Å². The van der Waals surface area contributed by atoms with Crippen LogP contribution in [0.1, 0.15) is 11.1 Å². The lowest BCUT2D eigenvalue weighted by molar-refractivity contribution is 0.000878. The lowest BCUT2D eigenvalue weighted by atomic mass is 10.2. The molecule has 5 heteroatoms. The van der Waals surface area contributed by atoms with Gasteiger partial charge < -0.3 is 9.84 Å². The Morgan fingerprint density at radius 2 is 1.62 bits per heavy atom. The van der Waals surface area contributed by atoms with Crippen LogP contribution in [-0.4, -0.2) is 60.3 Å². The number of benzene rings is 2. The minimum Gasteiger partial charge on any atom is -0.389 e. The standard InChI is InChI=1S/C21H27ClN2O2/c22-20-8-4-7-19(13-20)14-23-9-11-24(12-10-23)15-21(25)17-26-16-18-5-2-1-3-6-18/h1-8,13,21,25H,9-12,14-17H2. The van der Waals surface area contributed by atoms with Crippen LogP contribution in [0.4, 0.5) is 0 Å². The molecule has 1 N–H and O–H groups in total. The Morgan fingerprint density at radius 1 is 0.923 bits per heavy atom. The summed E-state index contributed by atoms with van der Waals surface area (Å²) in [5.74, 6) is 0. The molecule has 0 aromatic heterocycles. The molecular weight excluding hydrogens is 348 g/mol. The molecule has 140 valence electrons. The van der Waals surface area contributed by atoms with Crippen molar-refractivity contribution in [3.63, 3.8) is 0 Å². The molecule has 0 radical (unpaired) electrons. The van der Waals surface area contributed by atoms with Crippen LogP contribution < -0.4 is 0 Å². The van der Waals surface area contributed by atoms with E-state index >= 15 is 0 Å². The number of piperazine rings is 1. The van der Waals surface area contributed by atoms with Crippen LogP contribution in [0.3, 0.4) is 0 Å². The molecule has 4 nitrogen and oxygen atoms in total. The van der Waals surface area contributed by atoms with Crippen molar-refractivity contribution in [3.8, 4) is 0 Å². The van der Waals surface area contributed by atoms with Gasteiger partial charge in [0.2, 0.25) is 0 Å². The summed E-state index contributed by atoms with van der Waals surface area (Å²) in [5.41, 5.74) is 2.38. The normalized spacial score (nSPS) is 17.3. The second-order valence-corrected chi connectivity index (χ2v) is 7.30. The summed E-state index contributed by atoms with van der Waals surface area (Å²) in [4.78, 5) is 4.74. The van der Waals surface area contributed by atoms with Gasteiger partial charge >= 0.3 is 0 Å². The Kier molecular flexibility index (Phi) is 7.47. The van der Waals surface area contributed by atoms with Gasteiger partial charge in [-0.25, -0.2) is 0 Å². The molecule has 1 fully saturated rings. The smallest absolute Gasteiger partial charge is 0.0900 e. The number of nitrogens with zero attached hydrogens (tertiary/aromatic N) is 2. The summed E-state index contributed by atoms with van der Waals surface area (Å²) in [5, 5.41) is 11.0. The maximum Gasteiger partial charge on any atom is 0.0900 e. The Morgan fingerprint density at radius 3 is 2.35 bits per heavy atom. The topological polar surface area (TPSA) is 35.9 Å². The van der Waals surface area contributed by atoms with Crippen LogP contribution in [0.2, 0.25) is 5.02 Å². The molecule has 3 rings (SSSR count). The third kappa shape index (κ3) is 6.38. The third-order valence-electron chi connectivity index (χ3n) is 4.65. The van der Waals surface area contributed by atoms with Crippen molar-refractivity contribution in [2.45, 2.75) is 19.3 Å². The largest absolute Gasteiger partial charge is 0.389 e. The zero-order valence-electron chi connectivity index (χ0n) is 15.1. The molecular formula is C21H27ClN2O2. The molecule has 1 saturated heterocycles. The van der Waals surface area contributed by atoms with Gasteiger partial charge in [0.15, 0.2) is 0 Å². The fourth-order valence-corrected chi connectivity index (χ4v) is 3.47. The van der Waals surface area contributed by atoms with E-state index in [1.54, 1.807) is 0 Å². The van der Waals surface area contributed by atoms with Crippen LogP contribution in [0.5, 0.6) is 0 Å². The SMILES string of the molecule is OC(COCc1ccccc1)CN1CCN(Cc2cccc(Cl)c2)CC1. The van der Waals surface area contributed by atoms with Gasteiger partial charge in [-0.05, 0) is 23.3 Å². The number of halogens is 1. The van der Waals surface area contributed by atoms with Crippen molar-refractivity contribution in [3.05, 3.63) is 70.7 Å². The highest BCUT2D eigenvalue weighted by atomic mass is 35.5. The zero-order valence-corrected chi connectivity index (χ0v) is 15.8. The summed E-state index contributed by atoms with van der Waals surface area (Å²) in [7, 11) is 0. The Labute approximate surface area is 160 Å². The maximum atomic E-state index is 10.2. The lowest BCUT2D eigenvalue weighted by Crippen LogP contribution is -2.48. The third-order valence-corrected chi connectivity index (χ3v) is 4.89. The highest BCUT2D eigenvalue weighted by molar-refractivity contribution is 6.30. The average molecular weight is 375 g/mol. The molecule has 0 amide bonds. The van der Waals surface area contributed by atoms with Crippen molar-refractivity contribution in [2.75, 3.05) is 39.3 Å². The molecule has 0 bridgehead atoms. The van der Waals surface area contributed by atoms with E-state index in [1.807, 2.05) is 48.5 Å². The van der Waals surface area contributed by atoms with E-state index in [4.69, 9.17) is 16.3 Å². The molecule has 1 atom stereocenters. The highest BCUT2D eigenvalue weighted by Gasteiger charge is 2.19. The summed E-state index contributed by atoms with van der Waals surface area (Å²) < 4.78 is 5.63. The van der Waals surface area contributed by atoms with E-state index in [9.17, 15) is 5.11 Å². The minimum absolute atomic E-state index is 0.373. The number of hydrogen-bond acceptors (Lipinski definition) is 4. The molecule has 0 spiro atoms. The van der Waals surface area contributed by atoms with E-state index in [0.29, 0.717) is 19.8 Å². The summed E-state index contributed by atoms with van der Waals surface area (Å²) in [6.07, 6.45) is -0.446. The van der Waals surface area contributed by atoms with Crippen LogP contribution in [0, 0.1) is 0 Å². The zero-order chi connectivity index (χ0) is 18.2. The van der Waals surface area contributed by atoms with Crippen molar-refractivity contribution in [1.29, 1.82) is 0 Å². The Balaban J connectivity index is 1.33. The van der Waals surface area contributed by atoms with Crippen molar-refractivity contribution >= 4 is 11.6 Å². The molecule has 0 aliphatic carbocycles. The Bertz CT molecular complexity index is 660. The van der Waals surface area contributed by atoms with E-state index in [0.717, 1.165) is 43.3 Å². The summed E-state index contributed by atoms with van der Waals surface area (Å²) in [6.45, 7) is 6.46. The lowest BCUT2D eigenvalue weighted by Gasteiger charge is -2.35. The predicted molar refractivity (Wildman–Crippen MR) is 105 cm³/mol. The molecule has 2 aromatic rings. The number of rotatable bonds is 8. The average Bonchev–Trinajstić information content (AvgIpc) is 2.64. The van der Waals surface area contributed by atoms with E-state index in [1.165, 1.54) is 5.56 Å². The molecule has 1 aliphatic heterocycles. The van der Waals surface area contributed by atoms with Gasteiger partial charge in [0.25, 0.3) is 0 Å². The van der Waals surface area contributed by atoms with Crippen LogP contribution in [-0.2, 0) is 17.9 Å². The highest BCUT2D eigenvalue weighted by Crippen LogP contribution is 2.14. The fraction of sp³-hybridized carbons (Fsp3) is 0.429. The fourth-order valence-electron chi connectivity index (χ4n) is 3.26. The number of hydrogen-bond donors (Lipinski definition) is 1. The molecule has 1 unspecified atom stereocenters. The quantitative estimate of drug-likeness (QED) is 0.770. The first-order valence-electron chi connectivity index (χ1n) is 9.18. The first-order valence-corrected chi connectivity index (χ1v) is 9.56. The van der Waals surface area contributed by atoms with Gasteiger partial charge in [-0.2, -0.15) is 0 Å². The second kappa shape index (κ2) is 10.0. The van der Waals surface area contributed by atoms with E-state index in [2.05, 4.69) is 15.9 Å². The van der Waals surface area contributed by atoms with Crippen LogP contribution in [0.25, 0.3) is 0 Å². The van der Waals surface area contributed by atoms with Gasteiger partial charge in [0.05, 0.1) is 19.3 Å². The maximum absolute atomic E-state index is 10.2. The van der Waals surface area contributed by atoms with Crippen LogP contribution in [0.15, 0.2) is 54.6 Å². The first-order chi connectivity index (χ1) is 12.7. The summed E-state index contributed by atoms with van der Waals surface area (Å²) >= 11 is 6.06.